The van der Waals surface area contributed by atoms with Crippen LogP contribution in [0.15, 0.2) is 425 Å². The van der Waals surface area contributed by atoms with Crippen LogP contribution in [0.3, 0.4) is 0 Å². The second-order valence-corrected chi connectivity index (χ2v) is 32.4. The number of benzene rings is 18. The summed E-state index contributed by atoms with van der Waals surface area (Å²) in [4.78, 5) is 29.4. The highest BCUT2D eigenvalue weighted by Crippen LogP contribution is 2.45. The Morgan fingerprint density at radius 1 is 0.150 bits per heavy atom. The van der Waals surface area contributed by atoms with Crippen LogP contribution in [0.2, 0.25) is 0 Å². The summed E-state index contributed by atoms with van der Waals surface area (Å²) in [5.41, 5.74) is 24.0. The number of para-hydroxylation sites is 7. The Labute approximate surface area is 722 Å². The second kappa shape index (κ2) is 28.6. The van der Waals surface area contributed by atoms with E-state index < -0.39 is 0 Å². The van der Waals surface area contributed by atoms with Gasteiger partial charge >= 0.3 is 0 Å². The van der Waals surface area contributed by atoms with Crippen molar-refractivity contribution in [3.8, 4) is 73.5 Å². The lowest BCUT2D eigenvalue weighted by Crippen LogP contribution is -2.00. The first-order chi connectivity index (χ1) is 62.9. The van der Waals surface area contributed by atoms with Gasteiger partial charge in [0.2, 0.25) is 17.8 Å². The Balaban J connectivity index is 0.000000101. The van der Waals surface area contributed by atoms with Gasteiger partial charge in [0.25, 0.3) is 0 Å². The molecule has 0 fully saturated rings. The number of hydrogen-bond acceptors (Lipinski definition) is 10. The minimum absolute atomic E-state index is 0.615. The Morgan fingerprint density at radius 2 is 0.441 bits per heavy atom. The molecule has 0 spiro atoms. The van der Waals surface area contributed by atoms with E-state index >= 15 is 0 Å². The minimum atomic E-state index is 0.615. The summed E-state index contributed by atoms with van der Waals surface area (Å²) in [7, 11) is 0. The van der Waals surface area contributed by atoms with Crippen molar-refractivity contribution in [3.05, 3.63) is 407 Å². The number of furan rings is 4. The van der Waals surface area contributed by atoms with E-state index in [-0.39, 0.29) is 0 Å². The van der Waals surface area contributed by atoms with E-state index in [1.807, 2.05) is 116 Å². The maximum absolute atomic E-state index is 6.26. The van der Waals surface area contributed by atoms with Gasteiger partial charge in [-0.15, -0.1) is 0 Å². The number of aromatic nitrogens is 9. The van der Waals surface area contributed by atoms with Gasteiger partial charge in [-0.2, -0.15) is 0 Å². The van der Waals surface area contributed by atoms with Gasteiger partial charge in [-0.05, 0) is 156 Å². The van der Waals surface area contributed by atoms with E-state index in [4.69, 9.17) is 47.6 Å². The zero-order chi connectivity index (χ0) is 83.3. The first-order valence-corrected chi connectivity index (χ1v) is 42.5. The topological polar surface area (TPSA) is 145 Å². The molecule has 0 N–H and O–H groups in total. The molecule has 10 aromatic heterocycles. The van der Waals surface area contributed by atoms with E-state index in [2.05, 4.69) is 305 Å². The van der Waals surface area contributed by atoms with E-state index in [1.165, 1.54) is 49.0 Å². The third-order valence-corrected chi connectivity index (χ3v) is 25.3. The lowest BCUT2D eigenvalue weighted by molar-refractivity contribution is 0.668. The van der Waals surface area contributed by atoms with Crippen LogP contribution in [0.1, 0.15) is 0 Å². The molecule has 10 heterocycles. The second-order valence-electron chi connectivity index (χ2n) is 32.4. The van der Waals surface area contributed by atoms with E-state index in [9.17, 15) is 0 Å². The lowest BCUT2D eigenvalue weighted by Gasteiger charge is -2.12. The van der Waals surface area contributed by atoms with Gasteiger partial charge in [0, 0.05) is 147 Å². The Bertz CT molecular complexity index is 9320. The molecular formula is C114H67N9O4. The quantitative estimate of drug-likeness (QED) is 0.135. The van der Waals surface area contributed by atoms with Crippen molar-refractivity contribution >= 4 is 185 Å². The van der Waals surface area contributed by atoms with Gasteiger partial charge < -0.3 is 17.7 Å². The van der Waals surface area contributed by atoms with Gasteiger partial charge in [0.1, 0.15) is 44.7 Å². The van der Waals surface area contributed by atoms with Gasteiger partial charge in [-0.3, -0.25) is 13.7 Å². The summed E-state index contributed by atoms with van der Waals surface area (Å²) in [5, 5.41) is 23.3. The molecule has 127 heavy (non-hydrogen) atoms. The molecule has 0 radical (unpaired) electrons. The lowest BCUT2D eigenvalue weighted by atomic mass is 9.92. The normalized spacial score (nSPS) is 11.9. The Kier molecular flexibility index (Phi) is 16.1. The zero-order valence-corrected chi connectivity index (χ0v) is 67.8. The predicted octanol–water partition coefficient (Wildman–Crippen LogP) is 30.1. The molecule has 0 aliphatic rings. The Hall–Kier alpha value is -17.4. The molecular weight excluding hydrogens is 1560 g/mol. The highest BCUT2D eigenvalue weighted by atomic mass is 16.3. The molecule has 0 unspecified atom stereocenters. The van der Waals surface area contributed by atoms with Gasteiger partial charge in [0.15, 0.2) is 0 Å². The summed E-state index contributed by atoms with van der Waals surface area (Å²) in [6, 6.07) is 129. The molecule has 13 heteroatoms. The van der Waals surface area contributed by atoms with E-state index in [0.29, 0.717) is 17.8 Å². The molecule has 28 rings (SSSR count). The van der Waals surface area contributed by atoms with E-state index in [0.717, 1.165) is 192 Å². The molecule has 13 nitrogen and oxygen atoms in total. The monoisotopic (exact) mass is 1630 g/mol. The Morgan fingerprint density at radius 3 is 0.866 bits per heavy atom. The first kappa shape index (κ1) is 71.3. The van der Waals surface area contributed by atoms with Crippen molar-refractivity contribution in [2.45, 2.75) is 0 Å². The average Bonchev–Trinajstić information content (AvgIpc) is 1.62. The molecule has 0 saturated heterocycles. The molecule has 0 aliphatic heterocycles. The molecule has 0 bridgehead atoms. The fourth-order valence-electron chi connectivity index (χ4n) is 19.4. The van der Waals surface area contributed by atoms with Crippen molar-refractivity contribution in [1.82, 2.24) is 43.6 Å². The largest absolute Gasteiger partial charge is 0.456 e. The summed E-state index contributed by atoms with van der Waals surface area (Å²) >= 11 is 0. The summed E-state index contributed by atoms with van der Waals surface area (Å²) < 4.78 is 31.2. The van der Waals surface area contributed by atoms with Crippen LogP contribution in [0.4, 0.5) is 0 Å². The fraction of sp³-hybridized carbons (Fsp3) is 0. The molecule has 0 atom stereocenters. The van der Waals surface area contributed by atoms with Crippen molar-refractivity contribution in [1.29, 1.82) is 0 Å². The number of hydrogen-bond donors (Lipinski definition) is 0. The van der Waals surface area contributed by atoms with Crippen LogP contribution in [0.25, 0.3) is 259 Å². The maximum atomic E-state index is 6.26. The van der Waals surface area contributed by atoms with Crippen molar-refractivity contribution in [2.75, 3.05) is 0 Å². The summed E-state index contributed by atoms with van der Waals surface area (Å²) in [6.07, 6.45) is 11.5. The molecule has 592 valence electrons. The van der Waals surface area contributed by atoms with E-state index in [1.54, 1.807) is 0 Å². The smallest absolute Gasteiger partial charge is 0.234 e. The van der Waals surface area contributed by atoms with Crippen molar-refractivity contribution in [3.63, 3.8) is 0 Å². The SMILES string of the molecule is c1ccc(-c2cccc(-c3cccc(-c4cnc(-n5c6ccccc6c6cc7c(cc65)oc5ccccc57)nc4)c3)c2)cc1.c1ccc2c(c1)oc1cc3c(cc12)c1ccccc1n3-c1ncc(-c2ccc3c4ccccc4c4ccccc4c3c2)cn1.c1ccc2c(c1)oc1cc3c(cc12)c1ccccc1n3-c1ncc(-c2cccc3oc4ccccc4c23)cn1. The molecule has 0 saturated carbocycles. The summed E-state index contributed by atoms with van der Waals surface area (Å²) in [5.74, 6) is 1.87. The number of nitrogens with zero attached hydrogens (tertiary/aromatic N) is 9. The molecule has 0 aliphatic carbocycles. The minimum Gasteiger partial charge on any atom is -0.456 e. The zero-order valence-electron chi connectivity index (χ0n) is 67.8. The van der Waals surface area contributed by atoms with Gasteiger partial charge in [0.05, 0.1) is 33.1 Å². The molecule has 18 aromatic carbocycles. The van der Waals surface area contributed by atoms with Crippen LogP contribution >= 0.6 is 0 Å². The highest BCUT2D eigenvalue weighted by molar-refractivity contribution is 6.27. The van der Waals surface area contributed by atoms with Crippen LogP contribution in [-0.2, 0) is 0 Å². The standard InChI is InChI=1S/C40H23N3O.C40H25N3O.C34H19N3O2/c1-2-11-28-26(9-1)27-10-3-4-12-29(27)33-19-24(17-18-30(28)33)25-22-41-40(42-23-25)43-36-15-7-5-13-31(36)34-20-35-32-14-6-8-16-38(32)44-39(35)21-37(34)43;1-2-10-26(11-3-1)27-12-8-13-28(20-27)29-14-9-15-30(21-29)31-24-41-40(42-25-31)43-36-18-6-4-16-32(36)34-22-35-33-17-5-7-19-38(33)44-39(35)23-37(34)43;1-4-12-27-22(8-1)25-16-26-23-9-2-5-13-29(23)39-32(26)17-28(25)37(27)34-35-18-20(19-36-34)21-11-7-15-31-33(21)24-10-3-6-14-30(24)38-31/h1-23H;1-25H;1-19H. The number of fused-ring (bicyclic) bond motifs is 27. The maximum Gasteiger partial charge on any atom is 0.234 e. The van der Waals surface area contributed by atoms with Crippen molar-refractivity contribution < 1.29 is 17.7 Å². The average molecular weight is 1630 g/mol. The molecule has 28 aromatic rings. The third-order valence-electron chi connectivity index (χ3n) is 25.3. The predicted molar refractivity (Wildman–Crippen MR) is 518 cm³/mol. The van der Waals surface area contributed by atoms with Crippen LogP contribution in [0.5, 0.6) is 0 Å². The van der Waals surface area contributed by atoms with Gasteiger partial charge in [-0.25, -0.2) is 29.9 Å². The number of rotatable bonds is 8. The van der Waals surface area contributed by atoms with Crippen LogP contribution in [0, 0.1) is 0 Å². The molecule has 0 amide bonds. The van der Waals surface area contributed by atoms with Crippen LogP contribution < -0.4 is 0 Å². The van der Waals surface area contributed by atoms with Crippen molar-refractivity contribution in [2.24, 2.45) is 0 Å². The first-order valence-electron chi connectivity index (χ1n) is 42.5. The third kappa shape index (κ3) is 11.6. The van der Waals surface area contributed by atoms with Gasteiger partial charge in [-0.1, -0.05) is 267 Å². The van der Waals surface area contributed by atoms with Crippen LogP contribution in [-0.4, -0.2) is 43.6 Å². The fourth-order valence-corrected chi connectivity index (χ4v) is 19.4. The summed E-state index contributed by atoms with van der Waals surface area (Å²) in [6.45, 7) is 0. The highest BCUT2D eigenvalue weighted by Gasteiger charge is 2.24.